The molecule has 2 aromatic heterocycles. The Morgan fingerprint density at radius 3 is 2.97 bits per heavy atom. The maximum Gasteiger partial charge on any atom is 0.340 e. The minimum absolute atomic E-state index is 0.255. The van der Waals surface area contributed by atoms with E-state index in [0.29, 0.717) is 24.4 Å². The van der Waals surface area contributed by atoms with Gasteiger partial charge in [0.1, 0.15) is 11.6 Å². The maximum atomic E-state index is 12.0. The molecule has 0 saturated carbocycles. The average molecular weight is 418 g/mol. The minimum Gasteiger partial charge on any atom is -0.493 e. The predicted octanol–water partition coefficient (Wildman–Crippen LogP) is 4.32. The summed E-state index contributed by atoms with van der Waals surface area (Å²) in [6.07, 6.45) is 4.13. The van der Waals surface area contributed by atoms with E-state index in [4.69, 9.17) is 9.47 Å². The van der Waals surface area contributed by atoms with E-state index in [2.05, 4.69) is 38.4 Å². The van der Waals surface area contributed by atoms with Crippen LogP contribution in [0.5, 0.6) is 5.75 Å². The second-order valence-electron chi connectivity index (χ2n) is 7.55. The van der Waals surface area contributed by atoms with E-state index >= 15 is 0 Å². The van der Waals surface area contributed by atoms with Crippen LogP contribution in [0.3, 0.4) is 0 Å². The number of aromatic nitrogens is 2. The summed E-state index contributed by atoms with van der Waals surface area (Å²) >= 11 is 0. The molecule has 0 amide bonds. The van der Waals surface area contributed by atoms with Gasteiger partial charge in [0.2, 0.25) is 0 Å². The van der Waals surface area contributed by atoms with Crippen LogP contribution in [0.1, 0.15) is 34.0 Å². The Kier molecular flexibility index (Phi) is 6.02. The number of benzene rings is 1. The number of hydrogen-bond acceptors (Lipinski definition) is 7. The highest BCUT2D eigenvalue weighted by molar-refractivity contribution is 5.95. The number of nitrogens with zero attached hydrogens (tertiary/aromatic N) is 3. The lowest BCUT2D eigenvalue weighted by atomic mass is 9.92. The Balaban J connectivity index is 1.52. The minimum atomic E-state index is -0.380. The van der Waals surface area contributed by atoms with Crippen molar-refractivity contribution in [2.45, 2.75) is 19.3 Å². The molecule has 0 bridgehead atoms. The quantitative estimate of drug-likeness (QED) is 0.598. The zero-order valence-corrected chi connectivity index (χ0v) is 18.0. The van der Waals surface area contributed by atoms with Gasteiger partial charge in [0.15, 0.2) is 0 Å². The highest BCUT2D eigenvalue weighted by atomic mass is 16.5. The van der Waals surface area contributed by atoms with Crippen LogP contribution in [-0.2, 0) is 4.74 Å². The maximum absolute atomic E-state index is 12.0. The van der Waals surface area contributed by atoms with Crippen molar-refractivity contribution in [2.75, 3.05) is 37.5 Å². The van der Waals surface area contributed by atoms with E-state index in [1.807, 2.05) is 32.2 Å². The normalized spacial score (nSPS) is 14.9. The van der Waals surface area contributed by atoms with Crippen LogP contribution in [0.25, 0.3) is 0 Å². The summed E-state index contributed by atoms with van der Waals surface area (Å²) in [6.45, 7) is 3.30. The highest BCUT2D eigenvalue weighted by Crippen LogP contribution is 2.37. The molecule has 1 N–H and O–H groups in total. The molecule has 0 radical (unpaired) electrons. The van der Waals surface area contributed by atoms with Gasteiger partial charge in [0.25, 0.3) is 0 Å². The van der Waals surface area contributed by atoms with Gasteiger partial charge in [-0.25, -0.2) is 9.78 Å². The van der Waals surface area contributed by atoms with Crippen molar-refractivity contribution in [3.63, 3.8) is 0 Å². The molecule has 1 aromatic carbocycles. The van der Waals surface area contributed by atoms with Crippen molar-refractivity contribution in [3.05, 3.63) is 71.7 Å². The molecule has 1 atom stereocenters. The number of carbonyl (C=O) groups is 1. The Morgan fingerprint density at radius 2 is 2.16 bits per heavy atom. The Morgan fingerprint density at radius 1 is 1.29 bits per heavy atom. The number of fused-ring (bicyclic) bond motifs is 1. The summed E-state index contributed by atoms with van der Waals surface area (Å²) in [5, 5.41) is 3.37. The molecule has 3 aromatic rings. The number of pyridine rings is 2. The largest absolute Gasteiger partial charge is 0.493 e. The number of rotatable bonds is 6. The summed E-state index contributed by atoms with van der Waals surface area (Å²) in [4.78, 5) is 22.8. The van der Waals surface area contributed by atoms with E-state index in [0.717, 1.165) is 34.9 Å². The monoisotopic (exact) mass is 418 g/mol. The van der Waals surface area contributed by atoms with Crippen molar-refractivity contribution in [1.29, 1.82) is 0 Å². The molecule has 7 heteroatoms. The van der Waals surface area contributed by atoms with Crippen molar-refractivity contribution < 1.29 is 14.3 Å². The predicted molar refractivity (Wildman–Crippen MR) is 120 cm³/mol. The van der Waals surface area contributed by atoms with Crippen molar-refractivity contribution >= 4 is 23.2 Å². The first-order chi connectivity index (χ1) is 15.1. The molecule has 31 heavy (non-hydrogen) atoms. The molecule has 0 fully saturated rings. The van der Waals surface area contributed by atoms with Crippen LogP contribution in [0.15, 0.2) is 54.9 Å². The standard InChI is InChI=1S/C24H26N4O3/c1-16-5-4-6-23(27-16)28(2)18-7-8-19-17(10-12-31-22(19)13-18)14-26-21-15-25-11-9-20(21)24(29)30-3/h4-9,11,13,15,17,26H,10,12,14H2,1-3H3. The third-order valence-electron chi connectivity index (χ3n) is 5.53. The van der Waals surface area contributed by atoms with Gasteiger partial charge in [0.05, 0.1) is 31.2 Å². The van der Waals surface area contributed by atoms with Gasteiger partial charge in [0, 0.05) is 43.2 Å². The molecule has 1 aliphatic rings. The van der Waals surface area contributed by atoms with E-state index in [1.54, 1.807) is 18.5 Å². The Labute approximate surface area is 182 Å². The molecule has 0 aliphatic carbocycles. The number of anilines is 3. The number of ether oxygens (including phenoxy) is 2. The SMILES string of the molecule is COC(=O)c1ccncc1NCC1CCOc2cc(N(C)c3cccc(C)n3)ccc21. The highest BCUT2D eigenvalue weighted by Gasteiger charge is 2.23. The van der Waals surface area contributed by atoms with Gasteiger partial charge in [-0.1, -0.05) is 12.1 Å². The lowest BCUT2D eigenvalue weighted by molar-refractivity contribution is 0.0601. The molecule has 0 saturated heterocycles. The van der Waals surface area contributed by atoms with Gasteiger partial charge < -0.3 is 19.7 Å². The van der Waals surface area contributed by atoms with E-state index < -0.39 is 0 Å². The zero-order chi connectivity index (χ0) is 21.8. The topological polar surface area (TPSA) is 76.6 Å². The molecular weight excluding hydrogens is 392 g/mol. The van der Waals surface area contributed by atoms with E-state index in [1.165, 1.54) is 7.11 Å². The van der Waals surface area contributed by atoms with Crippen LogP contribution in [0.2, 0.25) is 0 Å². The van der Waals surface area contributed by atoms with Gasteiger partial charge in [-0.2, -0.15) is 0 Å². The molecule has 1 unspecified atom stereocenters. The van der Waals surface area contributed by atoms with Gasteiger partial charge in [-0.15, -0.1) is 0 Å². The fourth-order valence-corrected chi connectivity index (χ4v) is 3.78. The molecule has 160 valence electrons. The zero-order valence-electron chi connectivity index (χ0n) is 18.0. The Bertz CT molecular complexity index is 1090. The number of hydrogen-bond donors (Lipinski definition) is 1. The van der Waals surface area contributed by atoms with Crippen molar-refractivity contribution in [3.8, 4) is 5.75 Å². The first kappa shape index (κ1) is 20.7. The van der Waals surface area contributed by atoms with Crippen molar-refractivity contribution in [1.82, 2.24) is 9.97 Å². The molecule has 3 heterocycles. The van der Waals surface area contributed by atoms with Crippen LogP contribution >= 0.6 is 0 Å². The smallest absolute Gasteiger partial charge is 0.340 e. The number of aryl methyl sites for hydroxylation is 1. The molecule has 4 rings (SSSR count). The first-order valence-corrected chi connectivity index (χ1v) is 10.3. The summed E-state index contributed by atoms with van der Waals surface area (Å²) in [5.74, 6) is 1.65. The lowest BCUT2D eigenvalue weighted by Crippen LogP contribution is -2.22. The molecule has 0 spiro atoms. The van der Waals surface area contributed by atoms with Crippen LogP contribution < -0.4 is 15.0 Å². The van der Waals surface area contributed by atoms with Crippen LogP contribution in [0, 0.1) is 6.92 Å². The summed E-state index contributed by atoms with van der Waals surface area (Å²) in [7, 11) is 3.38. The third kappa shape index (κ3) is 4.45. The number of carbonyl (C=O) groups excluding carboxylic acids is 1. The summed E-state index contributed by atoms with van der Waals surface area (Å²) in [6, 6.07) is 13.9. The third-order valence-corrected chi connectivity index (χ3v) is 5.53. The second-order valence-corrected chi connectivity index (χ2v) is 7.55. The molecule has 7 nitrogen and oxygen atoms in total. The summed E-state index contributed by atoms with van der Waals surface area (Å²) in [5.41, 5.74) is 4.30. The lowest BCUT2D eigenvalue weighted by Gasteiger charge is -2.28. The molecule has 1 aliphatic heterocycles. The van der Waals surface area contributed by atoms with Gasteiger partial charge >= 0.3 is 5.97 Å². The fourth-order valence-electron chi connectivity index (χ4n) is 3.78. The molecular formula is C24H26N4O3. The van der Waals surface area contributed by atoms with Gasteiger partial charge in [-0.3, -0.25) is 4.98 Å². The number of methoxy groups -OCH3 is 1. The summed E-state index contributed by atoms with van der Waals surface area (Å²) < 4.78 is 10.8. The van der Waals surface area contributed by atoms with Crippen LogP contribution in [0.4, 0.5) is 17.2 Å². The Hall–Kier alpha value is -3.61. The second kappa shape index (κ2) is 9.04. The number of nitrogens with one attached hydrogen (secondary N) is 1. The van der Waals surface area contributed by atoms with Gasteiger partial charge in [-0.05, 0) is 43.2 Å². The number of esters is 1. The van der Waals surface area contributed by atoms with Crippen LogP contribution in [-0.4, -0.2) is 43.2 Å². The van der Waals surface area contributed by atoms with E-state index in [-0.39, 0.29) is 11.9 Å². The fraction of sp³-hybridized carbons (Fsp3) is 0.292. The van der Waals surface area contributed by atoms with Crippen molar-refractivity contribution in [2.24, 2.45) is 0 Å². The average Bonchev–Trinajstić information content (AvgIpc) is 2.81. The first-order valence-electron chi connectivity index (χ1n) is 10.3. The van der Waals surface area contributed by atoms with E-state index in [9.17, 15) is 4.79 Å².